The van der Waals surface area contributed by atoms with Crippen LogP contribution in [0.15, 0.2) is 24.3 Å². The highest BCUT2D eigenvalue weighted by Crippen LogP contribution is 2.25. The molecule has 0 radical (unpaired) electrons. The van der Waals surface area contributed by atoms with Crippen molar-refractivity contribution in [1.82, 2.24) is 20.0 Å². The Morgan fingerprint density at radius 2 is 2.03 bits per heavy atom. The first-order valence-corrected chi connectivity index (χ1v) is 10.3. The van der Waals surface area contributed by atoms with Crippen LogP contribution >= 0.6 is 0 Å². The third-order valence-corrected chi connectivity index (χ3v) is 5.02. The molecule has 2 atom stereocenters. The van der Waals surface area contributed by atoms with Crippen LogP contribution in [0, 0.1) is 11.3 Å². The Morgan fingerprint density at radius 1 is 1.33 bits per heavy atom. The van der Waals surface area contributed by atoms with Gasteiger partial charge in [0.2, 0.25) is 0 Å². The highest BCUT2D eigenvalue weighted by molar-refractivity contribution is 6.05. The maximum absolute atomic E-state index is 13.0. The lowest BCUT2D eigenvalue weighted by Crippen LogP contribution is -2.42. The van der Waals surface area contributed by atoms with Crippen molar-refractivity contribution < 1.29 is 14.3 Å². The second kappa shape index (κ2) is 8.34. The number of likely N-dealkylation sites (tertiary alicyclic amines) is 1. The highest BCUT2D eigenvalue weighted by atomic mass is 16.6. The molecule has 1 aliphatic rings. The van der Waals surface area contributed by atoms with Gasteiger partial charge in [-0.1, -0.05) is 18.2 Å². The van der Waals surface area contributed by atoms with Gasteiger partial charge < -0.3 is 15.0 Å². The van der Waals surface area contributed by atoms with E-state index in [-0.39, 0.29) is 30.5 Å². The molecule has 0 saturated carbocycles. The molecular weight excluding hydrogens is 382 g/mol. The number of fused-ring (bicyclic) bond motifs is 1. The zero-order valence-corrected chi connectivity index (χ0v) is 18.2. The molecule has 160 valence electrons. The van der Waals surface area contributed by atoms with E-state index in [0.717, 1.165) is 10.9 Å². The standard InChI is InChI=1S/C22H29N5O3/c1-14(2)27-18-9-7-6-8-17(18)19(25-27)20(28)24-15-12-16(10-11-23)26(13-15)21(29)30-22(3,4)5/h6-9,14-16H,10,12-13H2,1-5H3,(H,24,28)/t15-,16+/m0/s1. The van der Waals surface area contributed by atoms with Gasteiger partial charge in [-0.15, -0.1) is 0 Å². The molecule has 1 N–H and O–H groups in total. The molecule has 30 heavy (non-hydrogen) atoms. The molecule has 0 bridgehead atoms. The van der Waals surface area contributed by atoms with E-state index in [1.165, 1.54) is 0 Å². The van der Waals surface area contributed by atoms with Gasteiger partial charge in [0.05, 0.1) is 24.0 Å². The minimum atomic E-state index is -0.627. The van der Waals surface area contributed by atoms with Crippen molar-refractivity contribution in [2.24, 2.45) is 0 Å². The molecule has 1 aromatic heterocycles. The van der Waals surface area contributed by atoms with Crippen molar-refractivity contribution in [2.45, 2.75) is 71.2 Å². The fourth-order valence-electron chi connectivity index (χ4n) is 3.77. The van der Waals surface area contributed by atoms with Gasteiger partial charge in [0.15, 0.2) is 5.69 Å². The second-order valence-electron chi connectivity index (χ2n) is 8.96. The van der Waals surface area contributed by atoms with E-state index in [1.807, 2.05) is 42.8 Å². The smallest absolute Gasteiger partial charge is 0.410 e. The SMILES string of the molecule is CC(C)n1nc(C(=O)N[C@H]2C[C@@H](CC#N)N(C(=O)OC(C)(C)C)C2)c2ccccc21. The fraction of sp³-hybridized carbons (Fsp3) is 0.545. The monoisotopic (exact) mass is 411 g/mol. The number of rotatable bonds is 4. The molecule has 8 nitrogen and oxygen atoms in total. The average molecular weight is 412 g/mol. The normalized spacial score (nSPS) is 19.2. The van der Waals surface area contributed by atoms with Crippen LogP contribution in [0.4, 0.5) is 4.79 Å². The Labute approximate surface area is 176 Å². The highest BCUT2D eigenvalue weighted by Gasteiger charge is 2.38. The van der Waals surface area contributed by atoms with Gasteiger partial charge in [-0.2, -0.15) is 10.4 Å². The molecule has 1 fully saturated rings. The summed E-state index contributed by atoms with van der Waals surface area (Å²) in [5, 5.41) is 17.5. The van der Waals surface area contributed by atoms with Gasteiger partial charge in [-0.25, -0.2) is 4.79 Å². The number of hydrogen-bond donors (Lipinski definition) is 1. The molecule has 2 amide bonds. The number of para-hydroxylation sites is 1. The second-order valence-corrected chi connectivity index (χ2v) is 8.96. The predicted molar refractivity (Wildman–Crippen MR) is 113 cm³/mol. The summed E-state index contributed by atoms with van der Waals surface area (Å²) in [6.45, 7) is 9.74. The van der Waals surface area contributed by atoms with E-state index in [0.29, 0.717) is 18.7 Å². The summed E-state index contributed by atoms with van der Waals surface area (Å²) in [6, 6.07) is 9.32. The summed E-state index contributed by atoms with van der Waals surface area (Å²) in [5.74, 6) is -0.280. The minimum absolute atomic E-state index is 0.116. The summed E-state index contributed by atoms with van der Waals surface area (Å²) in [6.07, 6.45) is 0.228. The number of nitriles is 1. The number of carbonyl (C=O) groups is 2. The molecule has 2 heterocycles. The molecule has 0 spiro atoms. The topological polar surface area (TPSA) is 100 Å². The molecule has 0 aliphatic carbocycles. The molecule has 0 unspecified atom stereocenters. The Morgan fingerprint density at radius 3 is 2.67 bits per heavy atom. The van der Waals surface area contributed by atoms with Crippen molar-refractivity contribution >= 4 is 22.9 Å². The van der Waals surface area contributed by atoms with Gasteiger partial charge in [0, 0.05) is 24.0 Å². The van der Waals surface area contributed by atoms with Crippen LogP contribution < -0.4 is 5.32 Å². The third kappa shape index (κ3) is 4.56. The van der Waals surface area contributed by atoms with E-state index in [9.17, 15) is 9.59 Å². The van der Waals surface area contributed by atoms with Gasteiger partial charge in [0.25, 0.3) is 5.91 Å². The lowest BCUT2D eigenvalue weighted by molar-refractivity contribution is 0.0226. The minimum Gasteiger partial charge on any atom is -0.444 e. The number of nitrogens with zero attached hydrogens (tertiary/aromatic N) is 4. The van der Waals surface area contributed by atoms with Gasteiger partial charge in [0.1, 0.15) is 5.60 Å². The van der Waals surface area contributed by atoms with Gasteiger partial charge >= 0.3 is 6.09 Å². The Kier molecular flexibility index (Phi) is 6.01. The van der Waals surface area contributed by atoms with Crippen LogP contribution in [0.25, 0.3) is 10.9 Å². The van der Waals surface area contributed by atoms with Gasteiger partial charge in [-0.05, 0) is 47.1 Å². The summed E-state index contributed by atoms with van der Waals surface area (Å²) in [7, 11) is 0. The Bertz CT molecular complexity index is 983. The first kappa shape index (κ1) is 21.6. The maximum Gasteiger partial charge on any atom is 0.410 e. The first-order valence-electron chi connectivity index (χ1n) is 10.3. The summed E-state index contributed by atoms with van der Waals surface area (Å²) >= 11 is 0. The zero-order valence-electron chi connectivity index (χ0n) is 18.2. The Balaban J connectivity index is 1.78. The van der Waals surface area contributed by atoms with Crippen molar-refractivity contribution in [2.75, 3.05) is 6.54 Å². The number of amides is 2. The van der Waals surface area contributed by atoms with Crippen molar-refractivity contribution in [3.05, 3.63) is 30.0 Å². The number of hydrogen-bond acceptors (Lipinski definition) is 5. The van der Waals surface area contributed by atoms with Crippen LogP contribution in [0.2, 0.25) is 0 Å². The largest absolute Gasteiger partial charge is 0.444 e. The maximum atomic E-state index is 13.0. The third-order valence-electron chi connectivity index (χ3n) is 5.02. The van der Waals surface area contributed by atoms with Crippen LogP contribution in [0.1, 0.15) is 64.0 Å². The molecule has 1 saturated heterocycles. The van der Waals surface area contributed by atoms with Crippen LogP contribution in [-0.2, 0) is 4.74 Å². The van der Waals surface area contributed by atoms with Crippen molar-refractivity contribution in [3.8, 4) is 6.07 Å². The summed E-state index contributed by atoms with van der Waals surface area (Å²) < 4.78 is 7.31. The zero-order chi connectivity index (χ0) is 22.1. The van der Waals surface area contributed by atoms with Crippen LogP contribution in [-0.4, -0.2) is 50.9 Å². The van der Waals surface area contributed by atoms with E-state index in [2.05, 4.69) is 16.5 Å². The number of benzene rings is 1. The van der Waals surface area contributed by atoms with E-state index in [4.69, 9.17) is 10.00 Å². The lowest BCUT2D eigenvalue weighted by Gasteiger charge is -2.27. The number of aromatic nitrogens is 2. The molecule has 2 aromatic rings. The van der Waals surface area contributed by atoms with E-state index >= 15 is 0 Å². The summed E-state index contributed by atoms with van der Waals surface area (Å²) in [4.78, 5) is 27.1. The first-order chi connectivity index (χ1) is 14.1. The van der Waals surface area contributed by atoms with E-state index in [1.54, 1.807) is 25.7 Å². The molecule has 1 aliphatic heterocycles. The van der Waals surface area contributed by atoms with Crippen LogP contribution in [0.5, 0.6) is 0 Å². The predicted octanol–water partition coefficient (Wildman–Crippen LogP) is 3.64. The molecule has 8 heteroatoms. The van der Waals surface area contributed by atoms with E-state index < -0.39 is 11.7 Å². The molecule has 3 rings (SSSR count). The number of carbonyl (C=O) groups excluding carboxylic acids is 2. The number of nitrogens with one attached hydrogen (secondary N) is 1. The van der Waals surface area contributed by atoms with Crippen molar-refractivity contribution in [1.29, 1.82) is 5.26 Å². The Hall–Kier alpha value is -3.08. The van der Waals surface area contributed by atoms with Gasteiger partial charge in [-0.3, -0.25) is 9.48 Å². The average Bonchev–Trinajstić information content (AvgIpc) is 3.22. The lowest BCUT2D eigenvalue weighted by atomic mass is 10.1. The quantitative estimate of drug-likeness (QED) is 0.828. The van der Waals surface area contributed by atoms with Crippen LogP contribution in [0.3, 0.4) is 0 Å². The molecule has 1 aromatic carbocycles. The van der Waals surface area contributed by atoms with Crippen molar-refractivity contribution in [3.63, 3.8) is 0 Å². The number of ether oxygens (including phenoxy) is 1. The fourth-order valence-corrected chi connectivity index (χ4v) is 3.77. The molecular formula is C22H29N5O3. The summed E-state index contributed by atoms with van der Waals surface area (Å²) in [5.41, 5.74) is 0.645.